The van der Waals surface area contributed by atoms with Gasteiger partial charge in [0.1, 0.15) is 0 Å². The van der Waals surface area contributed by atoms with Gasteiger partial charge >= 0.3 is 0 Å². The van der Waals surface area contributed by atoms with Crippen molar-refractivity contribution in [2.75, 3.05) is 6.54 Å². The van der Waals surface area contributed by atoms with E-state index in [1.54, 1.807) is 35.1 Å². The van der Waals surface area contributed by atoms with Gasteiger partial charge in [0.2, 0.25) is 0 Å². The topological polar surface area (TPSA) is 106 Å². The van der Waals surface area contributed by atoms with Crippen LogP contribution in [0.15, 0.2) is 41.8 Å². The molecule has 2 rings (SSSR count). The van der Waals surface area contributed by atoms with Crippen molar-refractivity contribution in [1.82, 2.24) is 15.1 Å². The van der Waals surface area contributed by atoms with Crippen LogP contribution in [0.4, 0.5) is 0 Å². The summed E-state index contributed by atoms with van der Waals surface area (Å²) in [5.74, 6) is -0.166. The fourth-order valence-corrected chi connectivity index (χ4v) is 1.83. The minimum absolute atomic E-state index is 0.0102. The van der Waals surface area contributed by atoms with Crippen LogP contribution in [0.5, 0.6) is 0 Å². The zero-order valence-corrected chi connectivity index (χ0v) is 11.7. The SMILES string of the molecule is Cc1cnn(CCNC(=O)c2ccc(/C(N)=N/O)cc2)c1. The largest absolute Gasteiger partial charge is 0.409 e. The Balaban J connectivity index is 1.88. The second-order valence-electron chi connectivity index (χ2n) is 4.60. The van der Waals surface area contributed by atoms with Crippen molar-refractivity contribution in [2.24, 2.45) is 10.9 Å². The predicted molar refractivity (Wildman–Crippen MR) is 78.3 cm³/mol. The second kappa shape index (κ2) is 6.56. The average molecular weight is 287 g/mol. The number of hydrogen-bond acceptors (Lipinski definition) is 4. The Morgan fingerprint density at radius 2 is 2.05 bits per heavy atom. The summed E-state index contributed by atoms with van der Waals surface area (Å²) in [5.41, 5.74) is 7.61. The number of nitrogens with one attached hydrogen (secondary N) is 1. The number of amides is 1. The minimum atomic E-state index is -0.176. The van der Waals surface area contributed by atoms with Crippen molar-refractivity contribution in [2.45, 2.75) is 13.5 Å². The highest BCUT2D eigenvalue weighted by Crippen LogP contribution is 2.04. The van der Waals surface area contributed by atoms with E-state index in [0.717, 1.165) is 5.56 Å². The molecule has 0 aliphatic rings. The van der Waals surface area contributed by atoms with E-state index in [1.165, 1.54) is 0 Å². The van der Waals surface area contributed by atoms with Gasteiger partial charge in [-0.2, -0.15) is 5.10 Å². The predicted octanol–water partition coefficient (Wildman–Crippen LogP) is 0.716. The number of rotatable bonds is 5. The maximum absolute atomic E-state index is 11.9. The summed E-state index contributed by atoms with van der Waals surface area (Å²) in [5, 5.41) is 18.4. The van der Waals surface area contributed by atoms with Crippen LogP contribution in [0.3, 0.4) is 0 Å². The Labute approximate surface area is 122 Å². The lowest BCUT2D eigenvalue weighted by Crippen LogP contribution is -2.27. The number of hydrogen-bond donors (Lipinski definition) is 3. The third kappa shape index (κ3) is 3.82. The number of aryl methyl sites for hydroxylation is 1. The summed E-state index contributed by atoms with van der Waals surface area (Å²) >= 11 is 0. The molecule has 0 aliphatic carbocycles. The Hall–Kier alpha value is -2.83. The summed E-state index contributed by atoms with van der Waals surface area (Å²) in [6, 6.07) is 6.50. The van der Waals surface area contributed by atoms with E-state index in [9.17, 15) is 4.79 Å². The molecule has 0 bridgehead atoms. The number of nitrogens with two attached hydrogens (primary N) is 1. The van der Waals surface area contributed by atoms with Gasteiger partial charge in [-0.15, -0.1) is 0 Å². The summed E-state index contributed by atoms with van der Waals surface area (Å²) in [6.07, 6.45) is 3.69. The first-order valence-electron chi connectivity index (χ1n) is 6.45. The van der Waals surface area contributed by atoms with E-state index in [1.807, 2.05) is 13.1 Å². The molecule has 0 aliphatic heterocycles. The molecule has 1 heterocycles. The summed E-state index contributed by atoms with van der Waals surface area (Å²) in [6.45, 7) is 3.06. The van der Waals surface area contributed by atoms with E-state index in [2.05, 4.69) is 15.6 Å². The fourth-order valence-electron chi connectivity index (χ4n) is 1.83. The molecule has 0 atom stereocenters. The Kier molecular flexibility index (Phi) is 4.55. The fraction of sp³-hybridized carbons (Fsp3) is 0.214. The van der Waals surface area contributed by atoms with Crippen LogP contribution in [-0.4, -0.2) is 33.3 Å². The molecule has 1 aromatic heterocycles. The van der Waals surface area contributed by atoms with Crippen LogP contribution >= 0.6 is 0 Å². The first-order valence-corrected chi connectivity index (χ1v) is 6.45. The lowest BCUT2D eigenvalue weighted by atomic mass is 10.1. The number of aromatic nitrogens is 2. The van der Waals surface area contributed by atoms with E-state index in [0.29, 0.717) is 24.2 Å². The highest BCUT2D eigenvalue weighted by Gasteiger charge is 2.06. The minimum Gasteiger partial charge on any atom is -0.409 e. The van der Waals surface area contributed by atoms with Crippen molar-refractivity contribution < 1.29 is 10.0 Å². The highest BCUT2D eigenvalue weighted by atomic mass is 16.4. The molecule has 0 unspecified atom stereocenters. The number of carbonyl (C=O) groups is 1. The van der Waals surface area contributed by atoms with Gasteiger partial charge < -0.3 is 16.3 Å². The van der Waals surface area contributed by atoms with E-state index < -0.39 is 0 Å². The van der Waals surface area contributed by atoms with E-state index in [4.69, 9.17) is 10.9 Å². The molecule has 0 saturated heterocycles. The maximum atomic E-state index is 11.9. The molecule has 110 valence electrons. The van der Waals surface area contributed by atoms with Crippen molar-refractivity contribution in [3.8, 4) is 0 Å². The van der Waals surface area contributed by atoms with Crippen molar-refractivity contribution in [1.29, 1.82) is 0 Å². The molecule has 1 amide bonds. The van der Waals surface area contributed by atoms with Gasteiger partial charge in [-0.3, -0.25) is 9.48 Å². The molecule has 2 aromatic rings. The smallest absolute Gasteiger partial charge is 0.251 e. The van der Waals surface area contributed by atoms with Gasteiger partial charge in [0.05, 0.1) is 12.7 Å². The monoisotopic (exact) mass is 287 g/mol. The quantitative estimate of drug-likeness (QED) is 0.326. The zero-order chi connectivity index (χ0) is 15.2. The van der Waals surface area contributed by atoms with Crippen LogP contribution in [0.25, 0.3) is 0 Å². The first-order chi connectivity index (χ1) is 10.1. The van der Waals surface area contributed by atoms with Crippen LogP contribution in [0.2, 0.25) is 0 Å². The van der Waals surface area contributed by atoms with Crippen LogP contribution < -0.4 is 11.1 Å². The van der Waals surface area contributed by atoms with Crippen molar-refractivity contribution >= 4 is 11.7 Å². The van der Waals surface area contributed by atoms with Crippen LogP contribution in [0.1, 0.15) is 21.5 Å². The van der Waals surface area contributed by atoms with Gasteiger partial charge in [-0.1, -0.05) is 17.3 Å². The molecule has 0 fully saturated rings. The molecule has 0 saturated carbocycles. The van der Waals surface area contributed by atoms with E-state index in [-0.39, 0.29) is 11.7 Å². The lowest BCUT2D eigenvalue weighted by Gasteiger charge is -2.06. The summed E-state index contributed by atoms with van der Waals surface area (Å²) < 4.78 is 1.77. The molecule has 0 radical (unpaired) electrons. The number of oxime groups is 1. The summed E-state index contributed by atoms with van der Waals surface area (Å²) in [4.78, 5) is 11.9. The van der Waals surface area contributed by atoms with Crippen molar-refractivity contribution in [3.63, 3.8) is 0 Å². The van der Waals surface area contributed by atoms with Gasteiger partial charge in [0.25, 0.3) is 5.91 Å². The number of nitrogens with zero attached hydrogens (tertiary/aromatic N) is 3. The normalized spacial score (nSPS) is 11.4. The third-order valence-electron chi connectivity index (χ3n) is 2.94. The average Bonchev–Trinajstić information content (AvgIpc) is 2.92. The number of amidine groups is 1. The molecule has 0 spiro atoms. The van der Waals surface area contributed by atoms with Crippen molar-refractivity contribution in [3.05, 3.63) is 53.3 Å². The molecule has 21 heavy (non-hydrogen) atoms. The first kappa shape index (κ1) is 14.6. The zero-order valence-electron chi connectivity index (χ0n) is 11.7. The summed E-state index contributed by atoms with van der Waals surface area (Å²) in [7, 11) is 0. The molecule has 7 nitrogen and oxygen atoms in total. The standard InChI is InChI=1S/C14H17N5O2/c1-10-8-17-19(9-10)7-6-16-14(20)12-4-2-11(3-5-12)13(15)18-21/h2-5,8-9,21H,6-7H2,1H3,(H2,15,18)(H,16,20). The maximum Gasteiger partial charge on any atom is 0.251 e. The Morgan fingerprint density at radius 1 is 1.38 bits per heavy atom. The van der Waals surface area contributed by atoms with Gasteiger partial charge in [-0.05, 0) is 24.6 Å². The number of benzene rings is 1. The van der Waals surface area contributed by atoms with Crippen LogP contribution in [0, 0.1) is 6.92 Å². The van der Waals surface area contributed by atoms with Gasteiger partial charge in [-0.25, -0.2) is 0 Å². The van der Waals surface area contributed by atoms with Gasteiger partial charge in [0.15, 0.2) is 5.84 Å². The Bertz CT molecular complexity index is 646. The van der Waals surface area contributed by atoms with Crippen LogP contribution in [-0.2, 0) is 6.54 Å². The van der Waals surface area contributed by atoms with Gasteiger partial charge in [0, 0.05) is 23.9 Å². The molecular formula is C14H17N5O2. The lowest BCUT2D eigenvalue weighted by molar-refractivity contribution is 0.0952. The third-order valence-corrected chi connectivity index (χ3v) is 2.94. The number of carbonyl (C=O) groups excluding carboxylic acids is 1. The Morgan fingerprint density at radius 3 is 2.62 bits per heavy atom. The second-order valence-corrected chi connectivity index (χ2v) is 4.60. The highest BCUT2D eigenvalue weighted by molar-refractivity contribution is 5.99. The molecule has 4 N–H and O–H groups in total. The molecule has 7 heteroatoms. The molecule has 1 aromatic carbocycles. The van der Waals surface area contributed by atoms with E-state index >= 15 is 0 Å². The molecular weight excluding hydrogens is 270 g/mol.